The Morgan fingerprint density at radius 3 is 2.50 bits per heavy atom. The Kier molecular flexibility index (Phi) is 8.59. The zero-order valence-corrected chi connectivity index (χ0v) is 23.1. The quantitative estimate of drug-likeness (QED) is 0.367. The normalized spacial score (nSPS) is 35.5. The van der Waals surface area contributed by atoms with Crippen LogP contribution in [-0.4, -0.2) is 107 Å². The molecule has 4 aliphatic rings. The molecule has 7 atom stereocenters. The standard InChI is InChI=1S/C26H44N4O5S/c1-5-9-27-22(32)19-20-24(34)30(18(16-31)17(3)6-2)21(26(20)8-7-25(19,4)36-26)23(33)28-10-11-29-12-14-35-15-13-29/h17-21,31H,5-16H2,1-4H3,(H,27,32)(H,28,33)/t17-,18-,19-,20-,21?,25+,26?/m0/s1. The molecular formula is C26H44N4O5S. The number of morpholine rings is 1. The largest absolute Gasteiger partial charge is 0.394 e. The number of carbonyl (C=O) groups excluding carboxylic acids is 3. The van der Waals surface area contributed by atoms with Crippen molar-refractivity contribution in [2.24, 2.45) is 17.8 Å². The summed E-state index contributed by atoms with van der Waals surface area (Å²) in [6.45, 7) is 12.8. The molecule has 4 rings (SSSR count). The van der Waals surface area contributed by atoms with Gasteiger partial charge in [0, 0.05) is 37.5 Å². The van der Waals surface area contributed by atoms with Crippen LogP contribution in [0.4, 0.5) is 0 Å². The van der Waals surface area contributed by atoms with Gasteiger partial charge in [0.15, 0.2) is 0 Å². The SMILES string of the molecule is CCCNC(=O)[C@@H]1[C@H]2C(=O)N([C@@H](CO)[C@@H](C)CC)C(C(=O)NCCN3CCOCC3)C23CC[C@@]1(C)S3. The van der Waals surface area contributed by atoms with Crippen LogP contribution in [0.15, 0.2) is 0 Å². The van der Waals surface area contributed by atoms with Crippen molar-refractivity contribution in [2.75, 3.05) is 52.5 Å². The van der Waals surface area contributed by atoms with Gasteiger partial charge in [-0.05, 0) is 32.1 Å². The van der Waals surface area contributed by atoms with Crippen LogP contribution in [-0.2, 0) is 19.1 Å². The number of thioether (sulfide) groups is 1. The summed E-state index contributed by atoms with van der Waals surface area (Å²) >= 11 is 1.68. The number of likely N-dealkylation sites (tertiary alicyclic amines) is 1. The first-order valence-electron chi connectivity index (χ1n) is 13.7. The van der Waals surface area contributed by atoms with Gasteiger partial charge >= 0.3 is 0 Å². The molecule has 10 heteroatoms. The highest BCUT2D eigenvalue weighted by atomic mass is 32.2. The Morgan fingerprint density at radius 2 is 1.86 bits per heavy atom. The molecule has 4 aliphatic heterocycles. The Hall–Kier alpha value is -1.36. The summed E-state index contributed by atoms with van der Waals surface area (Å²) < 4.78 is 4.39. The van der Waals surface area contributed by atoms with E-state index < -0.39 is 28.7 Å². The molecule has 0 aromatic heterocycles. The minimum absolute atomic E-state index is 0.0305. The van der Waals surface area contributed by atoms with Crippen LogP contribution in [0.1, 0.15) is 53.4 Å². The molecule has 4 saturated heterocycles. The molecule has 0 aromatic carbocycles. The van der Waals surface area contributed by atoms with Crippen LogP contribution >= 0.6 is 11.8 Å². The number of hydrogen-bond donors (Lipinski definition) is 3. The Morgan fingerprint density at radius 1 is 1.17 bits per heavy atom. The lowest BCUT2D eigenvalue weighted by atomic mass is 9.66. The van der Waals surface area contributed by atoms with E-state index >= 15 is 0 Å². The average molecular weight is 525 g/mol. The minimum Gasteiger partial charge on any atom is -0.394 e. The first-order chi connectivity index (χ1) is 17.2. The van der Waals surface area contributed by atoms with E-state index in [0.717, 1.165) is 45.3 Å². The number of fused-ring (bicyclic) bond motifs is 1. The maximum absolute atomic E-state index is 14.2. The maximum Gasteiger partial charge on any atom is 0.244 e. The maximum atomic E-state index is 14.2. The van der Waals surface area contributed by atoms with Gasteiger partial charge in [-0.1, -0.05) is 27.2 Å². The van der Waals surface area contributed by atoms with Crippen molar-refractivity contribution in [1.82, 2.24) is 20.4 Å². The third kappa shape index (κ3) is 4.67. The molecule has 4 heterocycles. The van der Waals surface area contributed by atoms with Crippen LogP contribution in [0.3, 0.4) is 0 Å². The molecule has 2 unspecified atom stereocenters. The van der Waals surface area contributed by atoms with Gasteiger partial charge < -0.3 is 25.4 Å². The smallest absolute Gasteiger partial charge is 0.244 e. The summed E-state index contributed by atoms with van der Waals surface area (Å²) in [6.07, 6.45) is 3.12. The highest BCUT2D eigenvalue weighted by Crippen LogP contribution is 2.71. The van der Waals surface area contributed by atoms with E-state index in [1.807, 2.05) is 20.8 Å². The second-order valence-electron chi connectivity index (χ2n) is 11.1. The number of amides is 3. The van der Waals surface area contributed by atoms with Gasteiger partial charge in [-0.25, -0.2) is 0 Å². The van der Waals surface area contributed by atoms with E-state index in [4.69, 9.17) is 4.74 Å². The molecular weight excluding hydrogens is 480 g/mol. The molecule has 9 nitrogen and oxygen atoms in total. The first-order valence-corrected chi connectivity index (χ1v) is 14.5. The summed E-state index contributed by atoms with van der Waals surface area (Å²) in [6, 6.07) is -1.15. The van der Waals surface area contributed by atoms with Gasteiger partial charge in [0.2, 0.25) is 17.7 Å². The second-order valence-corrected chi connectivity index (χ2v) is 13.0. The molecule has 0 aliphatic carbocycles. The van der Waals surface area contributed by atoms with Crippen molar-refractivity contribution in [1.29, 1.82) is 0 Å². The zero-order chi connectivity index (χ0) is 26.1. The lowest BCUT2D eigenvalue weighted by Gasteiger charge is -2.39. The molecule has 36 heavy (non-hydrogen) atoms. The number of rotatable bonds is 11. The van der Waals surface area contributed by atoms with E-state index in [1.54, 1.807) is 16.7 Å². The van der Waals surface area contributed by atoms with E-state index in [9.17, 15) is 19.5 Å². The third-order valence-corrected chi connectivity index (χ3v) is 11.0. The summed E-state index contributed by atoms with van der Waals surface area (Å²) in [7, 11) is 0. The Balaban J connectivity index is 1.63. The average Bonchev–Trinajstić information content (AvgIpc) is 3.44. The van der Waals surface area contributed by atoms with Crippen LogP contribution in [0, 0.1) is 17.8 Å². The molecule has 3 amide bonds. The summed E-state index contributed by atoms with van der Waals surface area (Å²) in [5, 5.41) is 16.6. The van der Waals surface area contributed by atoms with Crippen LogP contribution in [0.5, 0.6) is 0 Å². The van der Waals surface area contributed by atoms with Gasteiger partial charge in [0.1, 0.15) is 6.04 Å². The number of aliphatic hydroxyl groups is 1. The summed E-state index contributed by atoms with van der Waals surface area (Å²) in [4.78, 5) is 45.4. The molecule has 1 spiro atoms. The van der Waals surface area contributed by atoms with Crippen LogP contribution in [0.2, 0.25) is 0 Å². The van der Waals surface area contributed by atoms with Gasteiger partial charge in [-0.2, -0.15) is 0 Å². The van der Waals surface area contributed by atoms with E-state index in [2.05, 4.69) is 22.5 Å². The topological polar surface area (TPSA) is 111 Å². The monoisotopic (exact) mass is 524 g/mol. The van der Waals surface area contributed by atoms with Gasteiger partial charge in [-0.3, -0.25) is 19.3 Å². The number of hydrogen-bond acceptors (Lipinski definition) is 7. The first kappa shape index (κ1) is 27.7. The Labute approximate surface area is 219 Å². The number of ether oxygens (including phenoxy) is 1. The van der Waals surface area contributed by atoms with E-state index in [1.165, 1.54) is 0 Å². The predicted octanol–water partition coefficient (Wildman–Crippen LogP) is 0.849. The van der Waals surface area contributed by atoms with Crippen molar-refractivity contribution < 1.29 is 24.2 Å². The van der Waals surface area contributed by atoms with Crippen molar-refractivity contribution >= 4 is 29.5 Å². The van der Waals surface area contributed by atoms with Gasteiger partial charge in [0.25, 0.3) is 0 Å². The van der Waals surface area contributed by atoms with Gasteiger partial charge in [-0.15, -0.1) is 11.8 Å². The van der Waals surface area contributed by atoms with Crippen molar-refractivity contribution in [3.63, 3.8) is 0 Å². The van der Waals surface area contributed by atoms with Crippen molar-refractivity contribution in [2.45, 2.75) is 75.0 Å². The molecule has 4 fully saturated rings. The highest BCUT2D eigenvalue weighted by molar-refractivity contribution is 8.02. The molecule has 204 valence electrons. The second kappa shape index (κ2) is 11.2. The van der Waals surface area contributed by atoms with Crippen LogP contribution < -0.4 is 10.6 Å². The zero-order valence-electron chi connectivity index (χ0n) is 22.3. The summed E-state index contributed by atoms with van der Waals surface area (Å²) in [5.74, 6) is -1.37. The fourth-order valence-corrected chi connectivity index (χ4v) is 9.20. The molecule has 0 aromatic rings. The minimum atomic E-state index is -0.693. The van der Waals surface area contributed by atoms with Crippen LogP contribution in [0.25, 0.3) is 0 Å². The lowest BCUT2D eigenvalue weighted by Crippen LogP contribution is -2.58. The molecule has 0 radical (unpaired) electrons. The van der Waals surface area contributed by atoms with Gasteiger partial charge in [0.05, 0.1) is 42.4 Å². The number of nitrogens with one attached hydrogen (secondary N) is 2. The fourth-order valence-electron chi connectivity index (χ4n) is 6.85. The van der Waals surface area contributed by atoms with Crippen molar-refractivity contribution in [3.8, 4) is 0 Å². The number of aliphatic hydroxyl groups excluding tert-OH is 1. The fraction of sp³-hybridized carbons (Fsp3) is 0.885. The van der Waals surface area contributed by atoms with E-state index in [-0.39, 0.29) is 35.0 Å². The molecule has 0 saturated carbocycles. The number of nitrogens with zero attached hydrogens (tertiary/aromatic N) is 2. The Bertz CT molecular complexity index is 839. The summed E-state index contributed by atoms with van der Waals surface area (Å²) in [5.41, 5.74) is 0. The lowest BCUT2D eigenvalue weighted by molar-refractivity contribution is -0.144. The number of carbonyl (C=O) groups is 3. The third-order valence-electron chi connectivity index (χ3n) is 8.97. The van der Waals surface area contributed by atoms with Crippen molar-refractivity contribution in [3.05, 3.63) is 0 Å². The highest BCUT2D eigenvalue weighted by Gasteiger charge is 2.77. The van der Waals surface area contributed by atoms with E-state index in [0.29, 0.717) is 26.3 Å². The predicted molar refractivity (Wildman–Crippen MR) is 139 cm³/mol. The molecule has 2 bridgehead atoms. The molecule has 3 N–H and O–H groups in total.